The van der Waals surface area contributed by atoms with E-state index in [4.69, 9.17) is 9.47 Å². The molecule has 0 N–H and O–H groups in total. The summed E-state index contributed by atoms with van der Waals surface area (Å²) in [4.78, 5) is 0.330. The predicted molar refractivity (Wildman–Crippen MR) is 85.5 cm³/mol. The largest absolute Gasteiger partial charge is 0.493 e. The van der Waals surface area contributed by atoms with Crippen LogP contribution in [-0.2, 0) is 0 Å². The summed E-state index contributed by atoms with van der Waals surface area (Å²) in [5.41, 5.74) is 1.56. The van der Waals surface area contributed by atoms with Crippen LogP contribution in [0, 0.1) is 5.41 Å². The minimum Gasteiger partial charge on any atom is -0.493 e. The van der Waals surface area contributed by atoms with Crippen molar-refractivity contribution in [3.05, 3.63) is 22.2 Å². The molecule has 1 aromatic carbocycles. The second kappa shape index (κ2) is 6.04. The monoisotopic (exact) mass is 390 g/mol. The first-order valence-electron chi connectivity index (χ1n) is 6.57. The van der Waals surface area contributed by atoms with E-state index in [1.165, 1.54) is 31.2 Å². The lowest BCUT2D eigenvalue weighted by atomic mass is 9.82. The average molecular weight is 392 g/mol. The fourth-order valence-electron chi connectivity index (χ4n) is 2.88. The van der Waals surface area contributed by atoms with Crippen LogP contribution in [0.1, 0.15) is 43.0 Å². The zero-order valence-electron chi connectivity index (χ0n) is 11.6. The molecule has 2 nitrogen and oxygen atoms in total. The van der Waals surface area contributed by atoms with E-state index in [0.29, 0.717) is 10.2 Å². The second-order valence-electron chi connectivity index (χ2n) is 5.45. The lowest BCUT2D eigenvalue weighted by molar-refractivity contribution is 0.327. The topological polar surface area (TPSA) is 18.5 Å². The summed E-state index contributed by atoms with van der Waals surface area (Å²) in [5, 5.41) is 0. The Morgan fingerprint density at radius 3 is 2.16 bits per heavy atom. The van der Waals surface area contributed by atoms with Gasteiger partial charge in [0.15, 0.2) is 11.5 Å². The highest BCUT2D eigenvalue weighted by Gasteiger charge is 2.37. The minimum absolute atomic E-state index is 0.322. The number of hydrogen-bond acceptors (Lipinski definition) is 2. The fraction of sp³-hybridized carbons (Fsp3) is 0.600. The van der Waals surface area contributed by atoms with Gasteiger partial charge in [-0.15, -0.1) is 0 Å². The number of ether oxygens (including phenoxy) is 2. The molecule has 1 atom stereocenters. The summed E-state index contributed by atoms with van der Waals surface area (Å²) in [5.74, 6) is 1.54. The Hall–Kier alpha value is -0.220. The maximum atomic E-state index is 5.41. The third-order valence-electron chi connectivity index (χ3n) is 4.13. The molecule has 1 unspecified atom stereocenters. The quantitative estimate of drug-likeness (QED) is 0.632. The fourth-order valence-corrected chi connectivity index (χ4v) is 4.57. The Morgan fingerprint density at radius 1 is 1.11 bits per heavy atom. The third-order valence-corrected chi connectivity index (χ3v) is 6.42. The van der Waals surface area contributed by atoms with Crippen molar-refractivity contribution in [2.24, 2.45) is 5.41 Å². The maximum Gasteiger partial charge on any atom is 0.161 e. The van der Waals surface area contributed by atoms with Crippen LogP contribution < -0.4 is 9.47 Å². The van der Waals surface area contributed by atoms with Gasteiger partial charge in [0.1, 0.15) is 0 Å². The molecule has 1 fully saturated rings. The molecule has 0 aliphatic heterocycles. The molecule has 4 heteroatoms. The molecule has 1 saturated carbocycles. The van der Waals surface area contributed by atoms with Gasteiger partial charge in [-0.25, -0.2) is 0 Å². The van der Waals surface area contributed by atoms with Gasteiger partial charge in [-0.05, 0) is 36.0 Å². The standard InChI is InChI=1S/C15H20Br2O2/c1-15(6-4-5-7-15)14(17)10-8-12(18-2)13(19-3)9-11(10)16/h8-9,14H,4-7H2,1-3H3. The molecule has 0 radical (unpaired) electrons. The Bertz CT molecular complexity index is 454. The second-order valence-corrected chi connectivity index (χ2v) is 7.22. The smallest absolute Gasteiger partial charge is 0.161 e. The van der Waals surface area contributed by atoms with Gasteiger partial charge in [-0.3, -0.25) is 0 Å². The van der Waals surface area contributed by atoms with E-state index in [1.807, 2.05) is 6.07 Å². The molecular formula is C15H20Br2O2. The molecule has 1 aliphatic rings. The zero-order valence-corrected chi connectivity index (χ0v) is 14.8. The first kappa shape index (κ1) is 15.2. The summed E-state index contributed by atoms with van der Waals surface area (Å²) >= 11 is 7.56. The molecule has 1 aliphatic carbocycles. The number of methoxy groups -OCH3 is 2. The van der Waals surface area contributed by atoms with Crippen LogP contribution in [0.4, 0.5) is 0 Å². The van der Waals surface area contributed by atoms with Crippen LogP contribution in [0.25, 0.3) is 0 Å². The number of alkyl halides is 1. The van der Waals surface area contributed by atoms with E-state index >= 15 is 0 Å². The molecule has 0 amide bonds. The summed E-state index contributed by atoms with van der Waals surface area (Å²) in [6.07, 6.45) is 5.18. The van der Waals surface area contributed by atoms with Crippen molar-refractivity contribution in [2.45, 2.75) is 37.4 Å². The normalized spacial score (nSPS) is 19.2. The molecule has 19 heavy (non-hydrogen) atoms. The molecule has 0 bridgehead atoms. The van der Waals surface area contributed by atoms with Crippen molar-refractivity contribution >= 4 is 31.9 Å². The van der Waals surface area contributed by atoms with Crippen LogP contribution in [0.5, 0.6) is 11.5 Å². The van der Waals surface area contributed by atoms with Crippen molar-refractivity contribution in [1.29, 1.82) is 0 Å². The van der Waals surface area contributed by atoms with Gasteiger partial charge in [-0.2, -0.15) is 0 Å². The van der Waals surface area contributed by atoms with Gasteiger partial charge in [0.05, 0.1) is 14.2 Å². The summed E-state index contributed by atoms with van der Waals surface area (Å²) in [7, 11) is 3.34. The first-order chi connectivity index (χ1) is 9.01. The maximum absolute atomic E-state index is 5.41. The summed E-state index contributed by atoms with van der Waals surface area (Å²) in [6.45, 7) is 2.36. The highest BCUT2D eigenvalue weighted by molar-refractivity contribution is 9.11. The lowest BCUT2D eigenvalue weighted by Crippen LogP contribution is -2.18. The third kappa shape index (κ3) is 2.94. The molecular weight excluding hydrogens is 372 g/mol. The van der Waals surface area contributed by atoms with Crippen molar-refractivity contribution in [1.82, 2.24) is 0 Å². The molecule has 0 heterocycles. The van der Waals surface area contributed by atoms with Crippen LogP contribution >= 0.6 is 31.9 Å². The average Bonchev–Trinajstić information content (AvgIpc) is 2.85. The lowest BCUT2D eigenvalue weighted by Gasteiger charge is -2.31. The van der Waals surface area contributed by atoms with E-state index in [0.717, 1.165) is 16.0 Å². The number of benzene rings is 1. The number of hydrogen-bond donors (Lipinski definition) is 0. The van der Waals surface area contributed by atoms with Crippen LogP contribution in [0.2, 0.25) is 0 Å². The van der Waals surface area contributed by atoms with Crippen LogP contribution in [0.15, 0.2) is 16.6 Å². The predicted octanol–water partition coefficient (Wildman–Crippen LogP) is 5.48. The molecule has 0 aromatic heterocycles. The first-order valence-corrected chi connectivity index (χ1v) is 8.28. The van der Waals surface area contributed by atoms with E-state index in [9.17, 15) is 0 Å². The van der Waals surface area contributed by atoms with Gasteiger partial charge < -0.3 is 9.47 Å². The van der Waals surface area contributed by atoms with E-state index in [1.54, 1.807) is 14.2 Å². The zero-order chi connectivity index (χ0) is 14.0. The molecule has 0 saturated heterocycles. The molecule has 1 aromatic rings. The minimum atomic E-state index is 0.322. The van der Waals surface area contributed by atoms with Gasteiger partial charge in [-0.1, -0.05) is 51.6 Å². The van der Waals surface area contributed by atoms with Gasteiger partial charge in [0.2, 0.25) is 0 Å². The van der Waals surface area contributed by atoms with Crippen molar-refractivity contribution in [3.8, 4) is 11.5 Å². The molecule has 2 rings (SSSR count). The summed E-state index contributed by atoms with van der Waals surface area (Å²) in [6, 6.07) is 4.06. The molecule has 106 valence electrons. The van der Waals surface area contributed by atoms with Gasteiger partial charge >= 0.3 is 0 Å². The summed E-state index contributed by atoms with van der Waals surface area (Å²) < 4.78 is 11.8. The molecule has 0 spiro atoms. The van der Waals surface area contributed by atoms with Gasteiger partial charge in [0.25, 0.3) is 0 Å². The Morgan fingerprint density at radius 2 is 1.63 bits per heavy atom. The van der Waals surface area contributed by atoms with Crippen molar-refractivity contribution in [3.63, 3.8) is 0 Å². The van der Waals surface area contributed by atoms with Crippen molar-refractivity contribution < 1.29 is 9.47 Å². The highest BCUT2D eigenvalue weighted by atomic mass is 79.9. The van der Waals surface area contributed by atoms with Crippen LogP contribution in [0.3, 0.4) is 0 Å². The number of halogens is 2. The Labute approximate surface area is 132 Å². The highest BCUT2D eigenvalue weighted by Crippen LogP contribution is 2.54. The van der Waals surface area contributed by atoms with Gasteiger partial charge in [0, 0.05) is 9.30 Å². The van der Waals surface area contributed by atoms with E-state index < -0.39 is 0 Å². The Balaban J connectivity index is 2.38. The van der Waals surface area contributed by atoms with Crippen molar-refractivity contribution in [2.75, 3.05) is 14.2 Å². The van der Waals surface area contributed by atoms with Crippen LogP contribution in [-0.4, -0.2) is 14.2 Å². The SMILES string of the molecule is COc1cc(Br)c(C(Br)C2(C)CCCC2)cc1OC. The number of rotatable bonds is 4. The van der Waals surface area contributed by atoms with E-state index in [2.05, 4.69) is 44.8 Å². The van der Waals surface area contributed by atoms with E-state index in [-0.39, 0.29) is 0 Å². The Kier molecular flexibility index (Phi) is 4.83.